The van der Waals surface area contributed by atoms with E-state index in [1.165, 1.54) is 18.3 Å². The fourth-order valence-electron chi connectivity index (χ4n) is 10.5. The minimum atomic E-state index is -6.26. The van der Waals surface area contributed by atoms with Crippen molar-refractivity contribution in [3.05, 3.63) is 284 Å². The van der Waals surface area contributed by atoms with Gasteiger partial charge in [-0.1, -0.05) is 241 Å². The van der Waals surface area contributed by atoms with Crippen molar-refractivity contribution in [1.82, 2.24) is 14.1 Å². The summed E-state index contributed by atoms with van der Waals surface area (Å²) in [6.45, 7) is 9.96. The molecule has 0 N–H and O–H groups in total. The van der Waals surface area contributed by atoms with Crippen molar-refractivity contribution in [2.24, 2.45) is 0 Å². The molecule has 3 heterocycles. The number of ether oxygens (including phenoxy) is 1. The second-order valence-electron chi connectivity index (χ2n) is 21.6. The summed E-state index contributed by atoms with van der Waals surface area (Å²) in [7, 11) is -6.26. The van der Waals surface area contributed by atoms with E-state index in [2.05, 4.69) is 71.1 Å². The first-order valence-electron chi connectivity index (χ1n) is 37.1. The number of pyridine rings is 1. The Morgan fingerprint density at radius 2 is 1.15 bits per heavy atom. The van der Waals surface area contributed by atoms with Gasteiger partial charge in [0.05, 0.1) is 42.8 Å². The van der Waals surface area contributed by atoms with Crippen LogP contribution in [-0.4, -0.2) is 22.2 Å². The topological polar surface area (TPSA) is 35.9 Å². The maximum absolute atomic E-state index is 11.0. The molecule has 0 saturated heterocycles. The molecule has 0 unspecified atom stereocenters. The van der Waals surface area contributed by atoms with Crippen molar-refractivity contribution in [2.75, 3.05) is 0 Å². The zero-order valence-corrected chi connectivity index (χ0v) is 48.5. The summed E-state index contributed by atoms with van der Waals surface area (Å²) in [5.41, 5.74) is 4.32. The van der Waals surface area contributed by atoms with Crippen molar-refractivity contribution in [1.29, 1.82) is 0 Å². The Labute approximate surface area is 528 Å². The third-order valence-corrected chi connectivity index (χ3v) is 18.4. The molecule has 0 bridgehead atoms. The minimum absolute atomic E-state index is 0. The van der Waals surface area contributed by atoms with E-state index in [1.54, 1.807) is 63.7 Å². The van der Waals surface area contributed by atoms with Crippen LogP contribution in [0.4, 0.5) is 0 Å². The average Bonchev–Trinajstić information content (AvgIpc) is 0.768. The van der Waals surface area contributed by atoms with Gasteiger partial charge >= 0.3 is 0 Å². The van der Waals surface area contributed by atoms with Crippen LogP contribution in [0, 0.1) is 25.3 Å². The summed E-state index contributed by atoms with van der Waals surface area (Å²) in [6.07, 6.45) is 5.00. The summed E-state index contributed by atoms with van der Waals surface area (Å²) >= 11 is 0. The Morgan fingerprint density at radius 1 is 0.549 bits per heavy atom. The molecule has 5 nitrogen and oxygen atoms in total. The summed E-state index contributed by atoms with van der Waals surface area (Å²) in [5, 5.41) is -2.15. The van der Waals surface area contributed by atoms with E-state index in [9.17, 15) is 21.9 Å². The van der Waals surface area contributed by atoms with Gasteiger partial charge in [-0.2, -0.15) is 18.2 Å². The molecule has 0 radical (unpaired) electrons. The smallest absolute Gasteiger partial charge is 0.268 e. The molecule has 0 spiro atoms. The van der Waals surface area contributed by atoms with Gasteiger partial charge < -0.3 is 13.9 Å². The van der Waals surface area contributed by atoms with Crippen molar-refractivity contribution >= 4 is 61.7 Å². The van der Waals surface area contributed by atoms with E-state index < -0.39 is 167 Å². The molecule has 0 aliphatic heterocycles. The van der Waals surface area contributed by atoms with Crippen molar-refractivity contribution < 1.29 is 60.5 Å². The zero-order valence-electron chi connectivity index (χ0n) is 67.2. The van der Waals surface area contributed by atoms with Crippen molar-refractivity contribution in [2.45, 2.75) is 59.2 Å². The number of aryl methyl sites for hydroxylation is 1. The molecule has 13 rings (SSSR count). The predicted octanol–water partition coefficient (Wildman–Crippen LogP) is 15.2. The third kappa shape index (κ3) is 9.74. The minimum Gasteiger partial charge on any atom is -0.510 e. The fourth-order valence-corrected chi connectivity index (χ4v) is 14.0. The Morgan fingerprint density at radius 3 is 1.80 bits per heavy atom. The standard InChI is InChI=1S/C75H62N4OSi.Pt/c1-52-42-43-76-72(44-52)79-68-37-18-17-34-66(68)67-41-40-59(50-71(67)79)80-58-26-22-25-57(49-58)77-51-78(70-39-20-19-38-69(70)77)73-64(35-23-36-65(73)54-45-55(74(2,3)4)48-56(46-54)75(5,6)7)53-24-21-33-63(47-53)81(60-27-11-8-12-28-60,61-29-13-9-14-30-61)62-31-15-10-16-32-62;/h8-48H,1-7H3;/q-2;/i1D3,8D,9D,10D,11D,12D,13D,14D,15D,16D,21D,24D,27D,28D,29D,30D,31D,32D,33D,47D;. The van der Waals surface area contributed by atoms with Crippen LogP contribution in [0.1, 0.15) is 88.4 Å². The van der Waals surface area contributed by atoms with Crippen LogP contribution in [0.15, 0.2) is 248 Å². The van der Waals surface area contributed by atoms with E-state index in [0.29, 0.717) is 39.2 Å². The number of nitrogens with zero attached hydrogens (tertiary/aromatic N) is 4. The van der Waals surface area contributed by atoms with E-state index in [1.807, 2.05) is 59.2 Å². The average molecular weight is 1280 g/mol. The Balaban J connectivity index is 0.0000102. The number of hydrogen-bond acceptors (Lipinski definition) is 2. The molecule has 0 aliphatic carbocycles. The largest absolute Gasteiger partial charge is 0.510 e. The maximum Gasteiger partial charge on any atom is 0.268 e. The molecule has 404 valence electrons. The number of fused-ring (bicyclic) bond motifs is 4. The van der Waals surface area contributed by atoms with Gasteiger partial charge in [0.1, 0.15) is 5.82 Å². The number of rotatable bonds is 11. The second-order valence-corrected chi connectivity index (χ2v) is 25.1. The molecule has 0 saturated carbocycles. The van der Waals surface area contributed by atoms with Crippen LogP contribution in [0.3, 0.4) is 0 Å². The van der Waals surface area contributed by atoms with Gasteiger partial charge in [0.15, 0.2) is 8.07 Å². The maximum atomic E-state index is 11.0. The first kappa shape index (κ1) is 33.9. The van der Waals surface area contributed by atoms with Gasteiger partial charge in [-0.15, -0.1) is 29.7 Å². The molecule has 0 atom stereocenters. The number of imidazole rings is 1. The normalized spacial score (nSPS) is 15.9. The number of hydrogen-bond donors (Lipinski definition) is 0. The van der Waals surface area contributed by atoms with Crippen LogP contribution < -0.4 is 30.1 Å². The summed E-state index contributed by atoms with van der Waals surface area (Å²) in [5.74, 6) is 0.836. The first-order chi connectivity index (χ1) is 48.4. The van der Waals surface area contributed by atoms with Gasteiger partial charge in [0, 0.05) is 48.4 Å². The molecular weight excluding hydrogens is 1200 g/mol. The van der Waals surface area contributed by atoms with E-state index in [-0.39, 0.29) is 49.4 Å². The molecule has 82 heavy (non-hydrogen) atoms. The van der Waals surface area contributed by atoms with Gasteiger partial charge in [-0.25, -0.2) is 4.98 Å². The van der Waals surface area contributed by atoms with E-state index >= 15 is 0 Å². The van der Waals surface area contributed by atoms with E-state index in [4.69, 9.17) is 13.0 Å². The monoisotopic (exact) mass is 1280 g/mol. The van der Waals surface area contributed by atoms with E-state index in [0.717, 1.165) is 27.4 Å². The Kier molecular flexibility index (Phi) is 8.96. The van der Waals surface area contributed by atoms with Crippen LogP contribution in [0.5, 0.6) is 11.5 Å². The molecule has 13 aromatic rings. The third-order valence-electron chi connectivity index (χ3n) is 14.4. The molecule has 7 heteroatoms. The van der Waals surface area contributed by atoms with Gasteiger partial charge in [-0.05, 0) is 107 Å². The van der Waals surface area contributed by atoms with Crippen LogP contribution in [-0.2, 0) is 31.9 Å². The summed E-state index contributed by atoms with van der Waals surface area (Å²) in [4.78, 5) is 4.60. The SMILES string of the molecule is [2H]c1c([2H])c([2H])c([Si](c2c([2H])c([2H])c([2H])c([2H])c2[2H])(c2c([2H])c([2H])c([2H])c([2H])c2[2H])c2c([2H])c([2H])c([2H])c(-c3cccc(-c4cc(C(C)(C)C)cc(C(C)(C)C)c4)c3-[n+]3[c-]n(-c4[c-]c(Oc5[c-]c6c(cc5)c5ccccc5n6-c5cc(C([2H])([2H])[2H])ccn5)ccc4)c4ccccc43)c2[2H])c([2H])c1[2H].[Pt]. The molecule has 0 amide bonds. The second kappa shape index (κ2) is 21.7. The van der Waals surface area contributed by atoms with Gasteiger partial charge in [0.2, 0.25) is 0 Å². The summed E-state index contributed by atoms with van der Waals surface area (Å²) < 4.78 is 218. The zero-order chi connectivity index (χ0) is 74.5. The summed E-state index contributed by atoms with van der Waals surface area (Å²) in [6, 6.07) is 24.6. The Hall–Kier alpha value is -8.67. The van der Waals surface area contributed by atoms with Crippen LogP contribution in [0.2, 0.25) is 0 Å². The van der Waals surface area contributed by atoms with Crippen molar-refractivity contribution in [3.63, 3.8) is 0 Å². The quantitative estimate of drug-likeness (QED) is 0.0560. The fraction of sp³-hybridized carbons (Fsp3) is 0.120. The molecule has 0 aliphatic rings. The first-order valence-corrected chi connectivity index (χ1v) is 28.1. The van der Waals surface area contributed by atoms with Gasteiger partial charge in [-0.3, -0.25) is 4.57 Å². The molecule has 10 aromatic carbocycles. The number of para-hydroxylation sites is 4. The van der Waals surface area contributed by atoms with Crippen LogP contribution >= 0.6 is 0 Å². The molecule has 0 fully saturated rings. The van der Waals surface area contributed by atoms with Crippen LogP contribution in [0.25, 0.3) is 72.3 Å². The Bertz CT molecular complexity index is 5490. The van der Waals surface area contributed by atoms with Gasteiger partial charge in [0.25, 0.3) is 6.33 Å². The molecule has 3 aromatic heterocycles. The molecular formula is C75H62N4OPtSi-2. The predicted molar refractivity (Wildman–Crippen MR) is 337 cm³/mol. The number of aromatic nitrogens is 4. The van der Waals surface area contributed by atoms with Crippen molar-refractivity contribution in [3.8, 4) is 50.9 Å². The number of benzene rings is 10.